The molecule has 114 valence electrons. The summed E-state index contributed by atoms with van der Waals surface area (Å²) in [6, 6.07) is -0.814. The molecule has 0 aliphatic heterocycles. The number of aliphatic hydroxyl groups excluding tert-OH is 1. The summed E-state index contributed by atoms with van der Waals surface area (Å²) in [6.45, 7) is 3.72. The van der Waals surface area contributed by atoms with Crippen LogP contribution in [0.1, 0.15) is 46.0 Å². The Bertz CT molecular complexity index is 405. The van der Waals surface area contributed by atoms with E-state index in [1.54, 1.807) is 0 Å². The molecule has 0 saturated heterocycles. The predicted molar refractivity (Wildman–Crippen MR) is 81.4 cm³/mol. The first-order valence-electron chi connectivity index (χ1n) is 7.00. The van der Waals surface area contributed by atoms with Crippen LogP contribution in [-0.4, -0.2) is 27.5 Å². The first-order chi connectivity index (χ1) is 9.34. The summed E-state index contributed by atoms with van der Waals surface area (Å²) in [6.07, 6.45) is 6.90. The van der Waals surface area contributed by atoms with Crippen LogP contribution >= 0.6 is 15.9 Å². The van der Waals surface area contributed by atoms with Crippen molar-refractivity contribution in [3.05, 3.63) is 11.6 Å². The van der Waals surface area contributed by atoms with E-state index in [0.29, 0.717) is 18.8 Å². The van der Waals surface area contributed by atoms with Gasteiger partial charge in [-0.2, -0.15) is 0 Å². The van der Waals surface area contributed by atoms with Gasteiger partial charge in [0.25, 0.3) is 0 Å². The SMILES string of the molecule is CCC(Br)(CC)C(=O)NC(N)=O.OC1C2=CCC1CC2. The van der Waals surface area contributed by atoms with E-state index in [-0.39, 0.29) is 12.0 Å². The average molecular weight is 347 g/mol. The monoisotopic (exact) mass is 346 g/mol. The number of hydrogen-bond acceptors (Lipinski definition) is 3. The summed E-state index contributed by atoms with van der Waals surface area (Å²) in [7, 11) is 0. The van der Waals surface area contributed by atoms with E-state index >= 15 is 0 Å². The Hall–Kier alpha value is -0.880. The molecule has 2 atom stereocenters. The Morgan fingerprint density at radius 3 is 2.30 bits per heavy atom. The number of aliphatic hydroxyl groups is 1. The van der Waals surface area contributed by atoms with Crippen molar-refractivity contribution in [1.82, 2.24) is 5.32 Å². The van der Waals surface area contributed by atoms with Crippen LogP contribution in [0.15, 0.2) is 11.6 Å². The number of allylic oxidation sites excluding steroid dienone is 1. The molecule has 0 radical (unpaired) electrons. The zero-order valence-corrected chi connectivity index (χ0v) is 13.6. The molecule has 0 heterocycles. The number of hydrogen-bond donors (Lipinski definition) is 3. The number of halogens is 1. The molecule has 2 aliphatic rings. The van der Waals surface area contributed by atoms with Gasteiger partial charge in [0.2, 0.25) is 5.91 Å². The fourth-order valence-electron chi connectivity index (χ4n) is 2.53. The standard InChI is InChI=1S/C7H13BrN2O2.C7H10O/c1-3-7(8,4-2)5(11)10-6(9)12;8-7-5-1-2-6(7)4-3-5/h3-4H2,1-2H3,(H3,9,10,11,12);1,6-8H,2-4H2. The van der Waals surface area contributed by atoms with Gasteiger partial charge in [0, 0.05) is 0 Å². The second-order valence-corrected chi connectivity index (χ2v) is 6.77. The molecular formula is C14H23BrN2O3. The minimum atomic E-state index is -0.814. The zero-order valence-electron chi connectivity index (χ0n) is 12.0. The molecule has 0 aromatic carbocycles. The Morgan fingerprint density at radius 2 is 2.10 bits per heavy atom. The van der Waals surface area contributed by atoms with Gasteiger partial charge in [-0.25, -0.2) is 4.79 Å². The third-order valence-corrected chi connectivity index (χ3v) is 5.56. The second-order valence-electron chi connectivity index (χ2n) is 5.25. The molecule has 1 fully saturated rings. The number of rotatable bonds is 3. The molecule has 4 N–H and O–H groups in total. The molecule has 2 bridgehead atoms. The van der Waals surface area contributed by atoms with Gasteiger partial charge in [0.1, 0.15) is 4.32 Å². The third-order valence-electron chi connectivity index (χ3n) is 4.08. The number of alkyl halides is 1. The third kappa shape index (κ3) is 4.06. The number of carbonyl (C=O) groups excluding carboxylic acids is 2. The number of urea groups is 1. The highest BCUT2D eigenvalue weighted by atomic mass is 79.9. The van der Waals surface area contributed by atoms with Gasteiger partial charge >= 0.3 is 6.03 Å². The Labute approximate surface area is 128 Å². The van der Waals surface area contributed by atoms with Crippen LogP contribution < -0.4 is 11.1 Å². The number of nitrogens with one attached hydrogen (secondary N) is 1. The van der Waals surface area contributed by atoms with E-state index in [4.69, 9.17) is 5.73 Å². The summed E-state index contributed by atoms with van der Waals surface area (Å²) in [4.78, 5) is 21.6. The van der Waals surface area contributed by atoms with Crippen molar-refractivity contribution in [3.63, 3.8) is 0 Å². The molecule has 2 unspecified atom stereocenters. The van der Waals surface area contributed by atoms with Crippen molar-refractivity contribution in [2.45, 2.75) is 56.4 Å². The first kappa shape index (κ1) is 17.2. The predicted octanol–water partition coefficient (Wildman–Crippen LogP) is 2.22. The number of imide groups is 1. The fourth-order valence-corrected chi connectivity index (χ4v) is 2.63. The van der Waals surface area contributed by atoms with Crippen molar-refractivity contribution in [1.29, 1.82) is 0 Å². The van der Waals surface area contributed by atoms with Crippen LogP contribution in [0, 0.1) is 5.92 Å². The van der Waals surface area contributed by atoms with E-state index < -0.39 is 10.4 Å². The maximum Gasteiger partial charge on any atom is 0.318 e. The van der Waals surface area contributed by atoms with Gasteiger partial charge in [-0.05, 0) is 43.6 Å². The van der Waals surface area contributed by atoms with Crippen molar-refractivity contribution >= 4 is 27.9 Å². The number of nitrogens with two attached hydrogens (primary N) is 1. The first-order valence-corrected chi connectivity index (χ1v) is 7.80. The summed E-state index contributed by atoms with van der Waals surface area (Å²) < 4.78 is -0.665. The van der Waals surface area contributed by atoms with Crippen LogP contribution in [0.4, 0.5) is 4.79 Å². The summed E-state index contributed by atoms with van der Waals surface area (Å²) in [5, 5.41) is 11.3. The minimum Gasteiger partial charge on any atom is -0.388 e. The highest BCUT2D eigenvalue weighted by Gasteiger charge is 2.33. The number of carbonyl (C=O) groups is 2. The molecule has 2 rings (SSSR count). The topological polar surface area (TPSA) is 92.4 Å². The second kappa shape index (κ2) is 7.22. The summed E-state index contributed by atoms with van der Waals surface area (Å²) in [5.41, 5.74) is 6.11. The quantitative estimate of drug-likeness (QED) is 0.540. The molecule has 3 amide bonds. The van der Waals surface area contributed by atoms with E-state index in [1.807, 2.05) is 19.2 Å². The lowest BCUT2D eigenvalue weighted by Gasteiger charge is -2.21. The van der Waals surface area contributed by atoms with Gasteiger partial charge in [-0.15, -0.1) is 0 Å². The van der Waals surface area contributed by atoms with Gasteiger partial charge in [-0.1, -0.05) is 35.9 Å². The van der Waals surface area contributed by atoms with Gasteiger partial charge < -0.3 is 10.8 Å². The Kier molecular flexibility index (Phi) is 6.20. The van der Waals surface area contributed by atoms with E-state index in [9.17, 15) is 14.7 Å². The zero-order chi connectivity index (χ0) is 15.3. The maximum atomic E-state index is 11.3. The Balaban J connectivity index is 0.000000212. The molecular weight excluding hydrogens is 324 g/mol. The molecule has 2 aliphatic carbocycles. The van der Waals surface area contributed by atoms with Crippen LogP contribution in [0.5, 0.6) is 0 Å². The molecule has 0 spiro atoms. The lowest BCUT2D eigenvalue weighted by Crippen LogP contribution is -2.46. The Morgan fingerprint density at radius 1 is 1.50 bits per heavy atom. The van der Waals surface area contributed by atoms with Crippen molar-refractivity contribution < 1.29 is 14.7 Å². The van der Waals surface area contributed by atoms with Crippen molar-refractivity contribution in [2.24, 2.45) is 11.7 Å². The molecule has 0 aromatic rings. The molecule has 1 saturated carbocycles. The average Bonchev–Trinajstić information content (AvgIpc) is 2.96. The molecule has 20 heavy (non-hydrogen) atoms. The molecule has 5 nitrogen and oxygen atoms in total. The van der Waals surface area contributed by atoms with Gasteiger partial charge in [0.05, 0.1) is 6.10 Å². The smallest absolute Gasteiger partial charge is 0.318 e. The summed E-state index contributed by atoms with van der Waals surface area (Å²) in [5.74, 6) is 0.227. The largest absolute Gasteiger partial charge is 0.388 e. The number of fused-ring (bicyclic) bond motifs is 2. The van der Waals surface area contributed by atoms with Crippen molar-refractivity contribution in [3.8, 4) is 0 Å². The van der Waals surface area contributed by atoms with Gasteiger partial charge in [0.15, 0.2) is 0 Å². The highest BCUT2D eigenvalue weighted by Crippen LogP contribution is 2.39. The van der Waals surface area contributed by atoms with Crippen molar-refractivity contribution in [2.75, 3.05) is 0 Å². The van der Waals surface area contributed by atoms with E-state index in [2.05, 4.69) is 22.0 Å². The molecule has 6 heteroatoms. The normalized spacial score (nSPS) is 23.7. The number of amides is 3. The maximum absolute atomic E-state index is 11.3. The fraction of sp³-hybridized carbons (Fsp3) is 0.714. The minimum absolute atomic E-state index is 0.0463. The highest BCUT2D eigenvalue weighted by molar-refractivity contribution is 9.10. The van der Waals surface area contributed by atoms with E-state index in [1.165, 1.54) is 12.0 Å². The molecule has 0 aromatic heterocycles. The van der Waals surface area contributed by atoms with Gasteiger partial charge in [-0.3, -0.25) is 10.1 Å². The van der Waals surface area contributed by atoms with Crippen LogP contribution in [0.25, 0.3) is 0 Å². The van der Waals surface area contributed by atoms with Crippen LogP contribution in [-0.2, 0) is 4.79 Å². The summed E-state index contributed by atoms with van der Waals surface area (Å²) >= 11 is 3.26. The lowest BCUT2D eigenvalue weighted by atomic mass is 10.0. The lowest BCUT2D eigenvalue weighted by molar-refractivity contribution is -0.122. The number of primary amides is 1. The van der Waals surface area contributed by atoms with Crippen LogP contribution in [0.3, 0.4) is 0 Å². The van der Waals surface area contributed by atoms with E-state index in [0.717, 1.165) is 12.8 Å². The van der Waals surface area contributed by atoms with Crippen LogP contribution in [0.2, 0.25) is 0 Å².